The summed E-state index contributed by atoms with van der Waals surface area (Å²) in [5.41, 5.74) is 5.93. The van der Waals surface area contributed by atoms with Crippen molar-refractivity contribution in [3.05, 3.63) is 0 Å². The van der Waals surface area contributed by atoms with Gasteiger partial charge in [0, 0.05) is 12.5 Å². The Morgan fingerprint density at radius 1 is 1.00 bits per heavy atom. The molecule has 88 valence electrons. The number of unbranched alkanes of at least 4 members (excludes halogenated alkanes) is 6. The van der Waals surface area contributed by atoms with E-state index in [2.05, 4.69) is 12.8 Å². The van der Waals surface area contributed by atoms with Crippen molar-refractivity contribution in [2.75, 3.05) is 0 Å². The van der Waals surface area contributed by atoms with Crippen LogP contribution in [0.15, 0.2) is 0 Å². The Bertz CT molecular complexity index is 157. The molecule has 0 saturated heterocycles. The fourth-order valence-electron chi connectivity index (χ4n) is 1.78. The van der Waals surface area contributed by atoms with Gasteiger partial charge in [-0.1, -0.05) is 51.9 Å². The molecule has 0 aromatic carbocycles. The van der Waals surface area contributed by atoms with Gasteiger partial charge in [0.1, 0.15) is 0 Å². The average Bonchev–Trinajstić information content (AvgIpc) is 2.25. The minimum absolute atomic E-state index is 0.330. The first kappa shape index (κ1) is 14.5. The van der Waals surface area contributed by atoms with Gasteiger partial charge in [-0.2, -0.15) is 0 Å². The van der Waals surface area contributed by atoms with Gasteiger partial charge < -0.3 is 5.73 Å². The first-order valence-corrected chi connectivity index (χ1v) is 6.50. The van der Waals surface area contributed by atoms with Gasteiger partial charge in [-0.3, -0.25) is 0 Å². The molecule has 15 heavy (non-hydrogen) atoms. The van der Waals surface area contributed by atoms with Crippen LogP contribution in [-0.4, -0.2) is 6.04 Å². The lowest BCUT2D eigenvalue weighted by Crippen LogP contribution is -2.19. The Balaban J connectivity index is 3.06. The zero-order chi connectivity index (χ0) is 11.4. The third-order valence-corrected chi connectivity index (χ3v) is 2.84. The lowest BCUT2D eigenvalue weighted by atomic mass is 10.0. The molecule has 0 saturated carbocycles. The van der Waals surface area contributed by atoms with Crippen molar-refractivity contribution in [2.45, 2.75) is 77.2 Å². The van der Waals surface area contributed by atoms with Crippen molar-refractivity contribution in [2.24, 2.45) is 5.73 Å². The molecule has 1 atom stereocenters. The van der Waals surface area contributed by atoms with E-state index in [0.717, 1.165) is 19.3 Å². The molecule has 0 aromatic rings. The zero-order valence-electron chi connectivity index (χ0n) is 10.3. The van der Waals surface area contributed by atoms with E-state index in [9.17, 15) is 0 Å². The summed E-state index contributed by atoms with van der Waals surface area (Å²) < 4.78 is 0. The fraction of sp³-hybridized carbons (Fsp3) is 0.857. The first-order chi connectivity index (χ1) is 7.31. The van der Waals surface area contributed by atoms with Crippen molar-refractivity contribution >= 4 is 0 Å². The van der Waals surface area contributed by atoms with Gasteiger partial charge in [-0.05, 0) is 12.8 Å². The smallest absolute Gasteiger partial charge is 0.0101 e. The van der Waals surface area contributed by atoms with Gasteiger partial charge in [0.25, 0.3) is 0 Å². The van der Waals surface area contributed by atoms with Gasteiger partial charge in [0.05, 0.1) is 0 Å². The molecule has 0 radical (unpaired) electrons. The maximum Gasteiger partial charge on any atom is 0.0101 e. The molecule has 0 heterocycles. The maximum atomic E-state index is 5.93. The SMILES string of the molecule is C#CCCC(N)CCCCCCCCC. The predicted molar refractivity (Wildman–Crippen MR) is 68.7 cm³/mol. The molecule has 0 amide bonds. The van der Waals surface area contributed by atoms with Crippen LogP contribution in [0.5, 0.6) is 0 Å². The number of terminal acetylenes is 1. The molecule has 0 bridgehead atoms. The van der Waals surface area contributed by atoms with Crippen molar-refractivity contribution in [1.82, 2.24) is 0 Å². The van der Waals surface area contributed by atoms with Crippen molar-refractivity contribution in [3.63, 3.8) is 0 Å². The summed E-state index contributed by atoms with van der Waals surface area (Å²) in [6, 6.07) is 0.330. The topological polar surface area (TPSA) is 26.0 Å². The highest BCUT2D eigenvalue weighted by molar-refractivity contribution is 4.84. The molecule has 1 unspecified atom stereocenters. The van der Waals surface area contributed by atoms with Gasteiger partial charge in [-0.15, -0.1) is 12.3 Å². The molecular weight excluding hydrogens is 182 g/mol. The Kier molecular flexibility index (Phi) is 11.2. The number of rotatable bonds is 10. The van der Waals surface area contributed by atoms with E-state index in [1.54, 1.807) is 0 Å². The Morgan fingerprint density at radius 2 is 1.60 bits per heavy atom. The maximum absolute atomic E-state index is 5.93. The van der Waals surface area contributed by atoms with E-state index >= 15 is 0 Å². The minimum Gasteiger partial charge on any atom is -0.328 e. The fourth-order valence-corrected chi connectivity index (χ4v) is 1.78. The third-order valence-electron chi connectivity index (χ3n) is 2.84. The second-order valence-electron chi connectivity index (χ2n) is 4.41. The van der Waals surface area contributed by atoms with Crippen molar-refractivity contribution in [3.8, 4) is 12.3 Å². The van der Waals surface area contributed by atoms with E-state index < -0.39 is 0 Å². The van der Waals surface area contributed by atoms with Gasteiger partial charge >= 0.3 is 0 Å². The van der Waals surface area contributed by atoms with Crippen LogP contribution in [-0.2, 0) is 0 Å². The highest BCUT2D eigenvalue weighted by Crippen LogP contribution is 2.10. The highest BCUT2D eigenvalue weighted by Gasteiger charge is 2.00. The molecule has 1 nitrogen and oxygen atoms in total. The minimum atomic E-state index is 0.330. The summed E-state index contributed by atoms with van der Waals surface area (Å²) in [6.07, 6.45) is 17.7. The van der Waals surface area contributed by atoms with E-state index in [1.165, 1.54) is 44.9 Å². The Labute approximate surface area is 95.8 Å². The van der Waals surface area contributed by atoms with Gasteiger partial charge in [-0.25, -0.2) is 0 Å². The average molecular weight is 209 g/mol. The lowest BCUT2D eigenvalue weighted by molar-refractivity contribution is 0.514. The van der Waals surface area contributed by atoms with Crippen LogP contribution in [0.25, 0.3) is 0 Å². The van der Waals surface area contributed by atoms with Crippen LogP contribution in [0.3, 0.4) is 0 Å². The van der Waals surface area contributed by atoms with Crippen LogP contribution in [0.4, 0.5) is 0 Å². The number of hydrogen-bond donors (Lipinski definition) is 1. The second kappa shape index (κ2) is 11.6. The molecule has 2 N–H and O–H groups in total. The van der Waals surface area contributed by atoms with Crippen LogP contribution in [0, 0.1) is 12.3 Å². The molecule has 0 fully saturated rings. The van der Waals surface area contributed by atoms with Crippen LogP contribution >= 0.6 is 0 Å². The highest BCUT2D eigenvalue weighted by atomic mass is 14.6. The number of nitrogens with two attached hydrogens (primary N) is 1. The predicted octanol–water partition coefficient (Wildman–Crippen LogP) is 3.87. The van der Waals surface area contributed by atoms with E-state index in [1.807, 2.05) is 0 Å². The summed E-state index contributed by atoms with van der Waals surface area (Å²) in [5.74, 6) is 2.64. The molecule has 1 heteroatoms. The molecule has 0 aromatic heterocycles. The molecular formula is C14H27N. The summed E-state index contributed by atoms with van der Waals surface area (Å²) in [5, 5.41) is 0. The molecule has 0 rings (SSSR count). The first-order valence-electron chi connectivity index (χ1n) is 6.50. The quantitative estimate of drug-likeness (QED) is 0.429. The van der Waals surface area contributed by atoms with Crippen LogP contribution in [0.2, 0.25) is 0 Å². The molecule has 0 aliphatic heterocycles. The lowest BCUT2D eigenvalue weighted by Gasteiger charge is -2.09. The van der Waals surface area contributed by atoms with Crippen LogP contribution in [0.1, 0.15) is 71.1 Å². The largest absolute Gasteiger partial charge is 0.328 e. The summed E-state index contributed by atoms with van der Waals surface area (Å²) >= 11 is 0. The monoisotopic (exact) mass is 209 g/mol. The van der Waals surface area contributed by atoms with E-state index in [-0.39, 0.29) is 0 Å². The second-order valence-corrected chi connectivity index (χ2v) is 4.41. The Morgan fingerprint density at radius 3 is 2.20 bits per heavy atom. The van der Waals surface area contributed by atoms with Crippen molar-refractivity contribution in [1.29, 1.82) is 0 Å². The zero-order valence-corrected chi connectivity index (χ0v) is 10.3. The normalized spacial score (nSPS) is 12.3. The van der Waals surface area contributed by atoms with Gasteiger partial charge in [0.15, 0.2) is 0 Å². The van der Waals surface area contributed by atoms with E-state index in [0.29, 0.717) is 6.04 Å². The summed E-state index contributed by atoms with van der Waals surface area (Å²) in [4.78, 5) is 0. The molecule has 0 aliphatic rings. The molecule has 0 spiro atoms. The summed E-state index contributed by atoms with van der Waals surface area (Å²) in [6.45, 7) is 2.25. The van der Waals surface area contributed by atoms with Gasteiger partial charge in [0.2, 0.25) is 0 Å². The number of hydrogen-bond acceptors (Lipinski definition) is 1. The molecule has 0 aliphatic carbocycles. The van der Waals surface area contributed by atoms with E-state index in [4.69, 9.17) is 12.2 Å². The van der Waals surface area contributed by atoms with Crippen molar-refractivity contribution < 1.29 is 0 Å². The standard InChI is InChI=1S/C14H27N/c1-3-5-7-8-9-10-11-13-14(15)12-6-4-2/h2,14H,3,5-13,15H2,1H3. The summed E-state index contributed by atoms with van der Waals surface area (Å²) in [7, 11) is 0. The third kappa shape index (κ3) is 11.4. The van der Waals surface area contributed by atoms with Crippen LogP contribution < -0.4 is 5.73 Å². The Hall–Kier alpha value is -0.480.